The molecule has 4 atom stereocenters. The van der Waals surface area contributed by atoms with E-state index in [1.807, 2.05) is 0 Å². The summed E-state index contributed by atoms with van der Waals surface area (Å²) in [5, 5.41) is 0. The van der Waals surface area contributed by atoms with Gasteiger partial charge in [0, 0.05) is 25.2 Å². The lowest BCUT2D eigenvalue weighted by Gasteiger charge is -2.48. The summed E-state index contributed by atoms with van der Waals surface area (Å²) in [4.78, 5) is 5.10. The molecule has 1 saturated heterocycles. The minimum absolute atomic E-state index is 0.378. The molecule has 0 amide bonds. The molecule has 1 aliphatic carbocycles. The molecule has 0 aromatic heterocycles. The third kappa shape index (κ3) is 3.37. The standard InChI is InChI=1S/C17H35N3/c1-13-16(18)9-8-14(17(13,2)3)11-20-10-6-7-15(20)12-19(4)5/h13-16H,6-12,18H2,1-5H3. The molecule has 0 aromatic carbocycles. The van der Waals surface area contributed by atoms with E-state index in [0.29, 0.717) is 17.4 Å². The molecule has 0 bridgehead atoms. The Morgan fingerprint density at radius 1 is 1.20 bits per heavy atom. The molecule has 2 aliphatic rings. The van der Waals surface area contributed by atoms with Gasteiger partial charge in [0.2, 0.25) is 0 Å². The molecule has 2 rings (SSSR count). The Bertz CT molecular complexity index is 313. The first-order chi connectivity index (χ1) is 9.32. The highest BCUT2D eigenvalue weighted by atomic mass is 15.2. The fraction of sp³-hybridized carbons (Fsp3) is 1.00. The van der Waals surface area contributed by atoms with E-state index in [2.05, 4.69) is 44.7 Å². The number of likely N-dealkylation sites (tertiary alicyclic amines) is 1. The van der Waals surface area contributed by atoms with Crippen LogP contribution in [0.25, 0.3) is 0 Å². The van der Waals surface area contributed by atoms with E-state index in [0.717, 1.165) is 12.0 Å². The van der Waals surface area contributed by atoms with Crippen LogP contribution in [0.3, 0.4) is 0 Å². The molecule has 0 aromatic rings. The quantitative estimate of drug-likeness (QED) is 0.859. The molecule has 2 fully saturated rings. The van der Waals surface area contributed by atoms with Gasteiger partial charge in [-0.1, -0.05) is 20.8 Å². The normalized spacial score (nSPS) is 38.5. The van der Waals surface area contributed by atoms with Gasteiger partial charge in [-0.25, -0.2) is 0 Å². The number of nitrogens with two attached hydrogens (primary N) is 1. The molecule has 3 nitrogen and oxygen atoms in total. The second-order valence-corrected chi connectivity index (χ2v) is 8.10. The fourth-order valence-electron chi connectivity index (χ4n) is 4.31. The van der Waals surface area contributed by atoms with Gasteiger partial charge in [-0.3, -0.25) is 4.90 Å². The molecule has 118 valence electrons. The van der Waals surface area contributed by atoms with Crippen LogP contribution in [0.15, 0.2) is 0 Å². The number of hydrogen-bond donors (Lipinski definition) is 1. The Morgan fingerprint density at radius 3 is 2.55 bits per heavy atom. The lowest BCUT2D eigenvalue weighted by molar-refractivity contribution is 0.0238. The lowest BCUT2D eigenvalue weighted by atomic mass is 9.61. The van der Waals surface area contributed by atoms with Crippen LogP contribution in [0.4, 0.5) is 0 Å². The predicted octanol–water partition coefficient (Wildman–Crippen LogP) is 2.41. The van der Waals surface area contributed by atoms with Crippen molar-refractivity contribution < 1.29 is 0 Å². The molecule has 0 radical (unpaired) electrons. The number of likely N-dealkylation sites (N-methyl/N-ethyl adjacent to an activating group) is 1. The van der Waals surface area contributed by atoms with Crippen molar-refractivity contribution >= 4 is 0 Å². The topological polar surface area (TPSA) is 32.5 Å². The Morgan fingerprint density at radius 2 is 1.90 bits per heavy atom. The van der Waals surface area contributed by atoms with Crippen molar-refractivity contribution in [1.29, 1.82) is 0 Å². The van der Waals surface area contributed by atoms with Crippen molar-refractivity contribution in [2.24, 2.45) is 23.0 Å². The van der Waals surface area contributed by atoms with E-state index in [-0.39, 0.29) is 0 Å². The van der Waals surface area contributed by atoms with E-state index < -0.39 is 0 Å². The summed E-state index contributed by atoms with van der Waals surface area (Å²) >= 11 is 0. The van der Waals surface area contributed by atoms with E-state index >= 15 is 0 Å². The van der Waals surface area contributed by atoms with Crippen LogP contribution in [0, 0.1) is 17.3 Å². The summed E-state index contributed by atoms with van der Waals surface area (Å²) in [5.41, 5.74) is 6.68. The smallest absolute Gasteiger partial charge is 0.0223 e. The molecule has 2 N–H and O–H groups in total. The minimum atomic E-state index is 0.378. The molecule has 0 spiro atoms. The molecular formula is C17H35N3. The summed E-state index contributed by atoms with van der Waals surface area (Å²) in [6.07, 6.45) is 5.27. The Kier molecular flexibility index (Phi) is 5.14. The highest BCUT2D eigenvalue weighted by Crippen LogP contribution is 2.45. The maximum absolute atomic E-state index is 6.30. The zero-order chi connectivity index (χ0) is 14.9. The second kappa shape index (κ2) is 6.33. The van der Waals surface area contributed by atoms with Gasteiger partial charge in [0.05, 0.1) is 0 Å². The van der Waals surface area contributed by atoms with Crippen molar-refractivity contribution in [3.05, 3.63) is 0 Å². The van der Waals surface area contributed by atoms with Crippen molar-refractivity contribution in [2.45, 2.75) is 58.5 Å². The summed E-state index contributed by atoms with van der Waals surface area (Å²) in [6, 6.07) is 1.17. The Balaban J connectivity index is 1.98. The van der Waals surface area contributed by atoms with Crippen molar-refractivity contribution in [3.8, 4) is 0 Å². The number of nitrogens with zero attached hydrogens (tertiary/aromatic N) is 2. The predicted molar refractivity (Wildman–Crippen MR) is 86.8 cm³/mol. The Hall–Kier alpha value is -0.120. The first kappa shape index (κ1) is 16.3. The van der Waals surface area contributed by atoms with Crippen LogP contribution in [-0.4, -0.2) is 55.6 Å². The zero-order valence-corrected chi connectivity index (χ0v) is 14.2. The van der Waals surface area contributed by atoms with Crippen molar-refractivity contribution in [2.75, 3.05) is 33.7 Å². The summed E-state index contributed by atoms with van der Waals surface area (Å²) in [5.74, 6) is 1.44. The van der Waals surface area contributed by atoms with E-state index in [4.69, 9.17) is 5.73 Å². The fourth-order valence-corrected chi connectivity index (χ4v) is 4.31. The summed E-state index contributed by atoms with van der Waals surface area (Å²) in [7, 11) is 4.39. The molecule has 20 heavy (non-hydrogen) atoms. The Labute approximate surface area is 125 Å². The van der Waals surface area contributed by atoms with Crippen LogP contribution in [0.5, 0.6) is 0 Å². The number of hydrogen-bond acceptors (Lipinski definition) is 3. The first-order valence-electron chi connectivity index (χ1n) is 8.46. The largest absolute Gasteiger partial charge is 0.327 e. The first-order valence-corrected chi connectivity index (χ1v) is 8.46. The van der Waals surface area contributed by atoms with Gasteiger partial charge in [-0.05, 0) is 63.6 Å². The van der Waals surface area contributed by atoms with Gasteiger partial charge >= 0.3 is 0 Å². The monoisotopic (exact) mass is 281 g/mol. The van der Waals surface area contributed by atoms with E-state index in [1.165, 1.54) is 45.3 Å². The third-order valence-corrected chi connectivity index (χ3v) is 6.25. The second-order valence-electron chi connectivity index (χ2n) is 8.10. The zero-order valence-electron chi connectivity index (χ0n) is 14.2. The molecule has 1 heterocycles. The van der Waals surface area contributed by atoms with Gasteiger partial charge in [0.1, 0.15) is 0 Å². The van der Waals surface area contributed by atoms with Crippen LogP contribution in [0.2, 0.25) is 0 Å². The molecule has 4 unspecified atom stereocenters. The van der Waals surface area contributed by atoms with Gasteiger partial charge in [0.25, 0.3) is 0 Å². The van der Waals surface area contributed by atoms with Gasteiger partial charge in [-0.2, -0.15) is 0 Å². The van der Waals surface area contributed by atoms with E-state index in [9.17, 15) is 0 Å². The van der Waals surface area contributed by atoms with E-state index in [1.54, 1.807) is 0 Å². The van der Waals surface area contributed by atoms with Crippen LogP contribution in [0.1, 0.15) is 46.5 Å². The molecular weight excluding hydrogens is 246 g/mol. The van der Waals surface area contributed by atoms with Crippen molar-refractivity contribution in [1.82, 2.24) is 9.80 Å². The SMILES string of the molecule is CC1C(N)CCC(CN2CCCC2CN(C)C)C1(C)C. The van der Waals surface area contributed by atoms with Crippen LogP contribution >= 0.6 is 0 Å². The highest BCUT2D eigenvalue weighted by Gasteiger charge is 2.43. The number of rotatable bonds is 4. The molecule has 1 saturated carbocycles. The summed E-state index contributed by atoms with van der Waals surface area (Å²) in [6.45, 7) is 11.0. The summed E-state index contributed by atoms with van der Waals surface area (Å²) < 4.78 is 0. The lowest BCUT2D eigenvalue weighted by Crippen LogP contribution is -2.51. The average molecular weight is 281 g/mol. The minimum Gasteiger partial charge on any atom is -0.327 e. The average Bonchev–Trinajstić information content (AvgIpc) is 2.77. The highest BCUT2D eigenvalue weighted by molar-refractivity contribution is 4.95. The van der Waals surface area contributed by atoms with Gasteiger partial charge < -0.3 is 10.6 Å². The molecule has 3 heteroatoms. The molecule has 1 aliphatic heterocycles. The van der Waals surface area contributed by atoms with Gasteiger partial charge in [-0.15, -0.1) is 0 Å². The maximum Gasteiger partial charge on any atom is 0.0223 e. The maximum atomic E-state index is 6.30. The van der Waals surface area contributed by atoms with Crippen molar-refractivity contribution in [3.63, 3.8) is 0 Å². The van der Waals surface area contributed by atoms with Crippen LogP contribution < -0.4 is 5.73 Å². The van der Waals surface area contributed by atoms with Crippen LogP contribution in [-0.2, 0) is 0 Å². The third-order valence-electron chi connectivity index (χ3n) is 6.25. The van der Waals surface area contributed by atoms with Gasteiger partial charge in [0.15, 0.2) is 0 Å².